The third-order valence-corrected chi connectivity index (χ3v) is 2.48. The number of esters is 2. The number of rotatable bonds is 8. The molecule has 0 spiro atoms. The van der Waals surface area contributed by atoms with Gasteiger partial charge >= 0.3 is 11.9 Å². The largest absolute Gasteiger partial charge is 0.466 e. The summed E-state index contributed by atoms with van der Waals surface area (Å²) in [6.45, 7) is 18.2. The van der Waals surface area contributed by atoms with Gasteiger partial charge in [-0.25, -0.2) is 9.59 Å². The molecule has 0 aliphatic heterocycles. The highest BCUT2D eigenvalue weighted by Gasteiger charge is 2.04. The summed E-state index contributed by atoms with van der Waals surface area (Å²) in [5.74, 6) is -0.584. The molecule has 22 heavy (non-hydrogen) atoms. The van der Waals surface area contributed by atoms with Crippen molar-refractivity contribution in [3.63, 3.8) is 0 Å². The van der Waals surface area contributed by atoms with Gasteiger partial charge in [-0.1, -0.05) is 60.1 Å². The van der Waals surface area contributed by atoms with Crippen molar-refractivity contribution in [2.45, 2.75) is 59.8 Å². The van der Waals surface area contributed by atoms with Gasteiger partial charge in [0.1, 0.15) is 0 Å². The zero-order valence-corrected chi connectivity index (χ0v) is 15.0. The molecule has 0 heterocycles. The van der Waals surface area contributed by atoms with Crippen molar-refractivity contribution >= 4 is 11.9 Å². The molecule has 0 N–H and O–H groups in total. The van der Waals surface area contributed by atoms with Gasteiger partial charge in [0.05, 0.1) is 13.7 Å². The molecule has 0 unspecified atom stereocenters. The van der Waals surface area contributed by atoms with Gasteiger partial charge in [-0.3, -0.25) is 0 Å². The standard InChI is InChI=1S/C11H20O2.C5H8O2.C2H5/c1-4-6-7-8-9-13-11(12)10(3)5-2;1-4(2)5(6)7-3;1-2/h3-9H2,1-2H3;1H2,2-3H3;1H2,2H3. The topological polar surface area (TPSA) is 52.6 Å². The minimum atomic E-state index is -0.347. The molecule has 0 bridgehead atoms. The maximum atomic E-state index is 11.1. The third-order valence-electron chi connectivity index (χ3n) is 2.48. The highest BCUT2D eigenvalue weighted by atomic mass is 16.5. The van der Waals surface area contributed by atoms with E-state index in [4.69, 9.17) is 4.74 Å². The number of unbranched alkanes of at least 4 members (excludes halogenated alkanes) is 3. The van der Waals surface area contributed by atoms with Crippen LogP contribution in [0.4, 0.5) is 0 Å². The van der Waals surface area contributed by atoms with Crippen molar-refractivity contribution in [2.24, 2.45) is 0 Å². The van der Waals surface area contributed by atoms with E-state index in [1.165, 1.54) is 20.0 Å². The molecule has 0 aromatic rings. The molecular weight excluding hydrogens is 280 g/mol. The van der Waals surface area contributed by atoms with Crippen LogP contribution in [-0.2, 0) is 19.1 Å². The zero-order chi connectivity index (χ0) is 18.0. The van der Waals surface area contributed by atoms with Crippen LogP contribution in [-0.4, -0.2) is 25.7 Å². The van der Waals surface area contributed by atoms with Crippen LogP contribution in [0.1, 0.15) is 59.8 Å². The molecule has 0 amide bonds. The van der Waals surface area contributed by atoms with Crippen LogP contribution in [0, 0.1) is 6.92 Å². The monoisotopic (exact) mass is 313 g/mol. The van der Waals surface area contributed by atoms with E-state index in [-0.39, 0.29) is 11.9 Å². The Morgan fingerprint density at radius 3 is 1.82 bits per heavy atom. The number of carbonyl (C=O) groups is 2. The van der Waals surface area contributed by atoms with Crippen LogP contribution in [0.15, 0.2) is 24.3 Å². The lowest BCUT2D eigenvalue weighted by Crippen LogP contribution is -2.07. The fourth-order valence-electron chi connectivity index (χ4n) is 1.11. The van der Waals surface area contributed by atoms with E-state index < -0.39 is 0 Å². The van der Waals surface area contributed by atoms with E-state index in [2.05, 4.69) is 31.7 Å². The van der Waals surface area contributed by atoms with Crippen molar-refractivity contribution < 1.29 is 19.1 Å². The predicted octanol–water partition coefficient (Wildman–Crippen LogP) is 4.65. The Labute approximate surface area is 136 Å². The number of ether oxygens (including phenoxy) is 2. The van der Waals surface area contributed by atoms with Crippen LogP contribution in [0.3, 0.4) is 0 Å². The Morgan fingerprint density at radius 2 is 1.50 bits per heavy atom. The van der Waals surface area contributed by atoms with Crippen molar-refractivity contribution in [1.82, 2.24) is 0 Å². The minimum Gasteiger partial charge on any atom is -0.466 e. The van der Waals surface area contributed by atoms with Gasteiger partial charge in [0.15, 0.2) is 0 Å². The van der Waals surface area contributed by atoms with Gasteiger partial charge in [0.25, 0.3) is 0 Å². The second-order valence-corrected chi connectivity index (χ2v) is 4.43. The first-order valence-electron chi connectivity index (χ1n) is 7.70. The summed E-state index contributed by atoms with van der Waals surface area (Å²) in [5, 5.41) is 0. The summed E-state index contributed by atoms with van der Waals surface area (Å²) in [4.78, 5) is 21.3. The van der Waals surface area contributed by atoms with Crippen LogP contribution >= 0.6 is 0 Å². The first-order chi connectivity index (χ1) is 10.4. The minimum absolute atomic E-state index is 0.237. The highest BCUT2D eigenvalue weighted by molar-refractivity contribution is 5.87. The van der Waals surface area contributed by atoms with E-state index in [1.54, 1.807) is 13.8 Å². The zero-order valence-electron chi connectivity index (χ0n) is 15.0. The lowest BCUT2D eigenvalue weighted by Gasteiger charge is -2.04. The average molecular weight is 313 g/mol. The molecular formula is C18H33O4. The molecule has 1 radical (unpaired) electrons. The van der Waals surface area contributed by atoms with Crippen molar-refractivity contribution in [2.75, 3.05) is 13.7 Å². The van der Waals surface area contributed by atoms with Crippen molar-refractivity contribution in [3.05, 3.63) is 31.2 Å². The second-order valence-electron chi connectivity index (χ2n) is 4.43. The van der Waals surface area contributed by atoms with Crippen LogP contribution < -0.4 is 0 Å². The molecule has 0 aromatic heterocycles. The van der Waals surface area contributed by atoms with Crippen molar-refractivity contribution in [3.8, 4) is 0 Å². The smallest absolute Gasteiger partial charge is 0.333 e. The summed E-state index contributed by atoms with van der Waals surface area (Å²) in [6, 6.07) is 0. The summed E-state index contributed by atoms with van der Waals surface area (Å²) < 4.78 is 9.28. The molecule has 4 nitrogen and oxygen atoms in total. The number of hydrogen-bond donors (Lipinski definition) is 0. The van der Waals surface area contributed by atoms with Crippen molar-refractivity contribution in [1.29, 1.82) is 0 Å². The quantitative estimate of drug-likeness (QED) is 0.372. The molecule has 0 saturated heterocycles. The molecule has 4 heteroatoms. The first-order valence-corrected chi connectivity index (χ1v) is 7.70. The maximum Gasteiger partial charge on any atom is 0.333 e. The SMILES string of the molecule is C=C(C)C(=O)OC.C=C(CC)C(=O)OCCCCCC.[CH2]C. The summed E-state index contributed by atoms with van der Waals surface area (Å²) in [6.07, 6.45) is 5.20. The Balaban J connectivity index is -0.000000339. The Kier molecular flexibility index (Phi) is 22.4. The van der Waals surface area contributed by atoms with E-state index >= 15 is 0 Å². The van der Waals surface area contributed by atoms with Crippen LogP contribution in [0.2, 0.25) is 0 Å². The van der Waals surface area contributed by atoms with E-state index in [0.717, 1.165) is 12.8 Å². The van der Waals surface area contributed by atoms with E-state index in [9.17, 15) is 9.59 Å². The lowest BCUT2D eigenvalue weighted by molar-refractivity contribution is -0.139. The van der Waals surface area contributed by atoms with E-state index in [0.29, 0.717) is 24.2 Å². The fraction of sp³-hybridized carbons (Fsp3) is 0.611. The normalized spacial score (nSPS) is 8.45. The molecule has 0 aromatic carbocycles. The fourth-order valence-corrected chi connectivity index (χ4v) is 1.11. The molecule has 0 rings (SSSR count). The second kappa shape index (κ2) is 19.4. The average Bonchev–Trinajstić information content (AvgIpc) is 2.55. The summed E-state index contributed by atoms with van der Waals surface area (Å²) in [5.41, 5.74) is 0.998. The van der Waals surface area contributed by atoms with Gasteiger partial charge in [-0.15, -0.1) is 0 Å². The van der Waals surface area contributed by atoms with Gasteiger partial charge < -0.3 is 9.47 Å². The first kappa shape index (κ1) is 25.4. The lowest BCUT2D eigenvalue weighted by atomic mass is 10.2. The molecule has 0 fully saturated rings. The van der Waals surface area contributed by atoms with Crippen LogP contribution in [0.5, 0.6) is 0 Å². The van der Waals surface area contributed by atoms with Crippen LogP contribution in [0.25, 0.3) is 0 Å². The van der Waals surface area contributed by atoms with Gasteiger partial charge in [-0.2, -0.15) is 0 Å². The van der Waals surface area contributed by atoms with Gasteiger partial charge in [0, 0.05) is 11.1 Å². The van der Waals surface area contributed by atoms with E-state index in [1.807, 2.05) is 6.92 Å². The molecule has 0 aliphatic rings. The molecule has 0 aliphatic carbocycles. The molecule has 0 saturated carbocycles. The predicted molar refractivity (Wildman–Crippen MR) is 92.4 cm³/mol. The summed E-state index contributed by atoms with van der Waals surface area (Å²) >= 11 is 0. The summed E-state index contributed by atoms with van der Waals surface area (Å²) in [7, 11) is 1.33. The molecule has 0 atom stereocenters. The number of methoxy groups -OCH3 is 1. The van der Waals surface area contributed by atoms with Gasteiger partial charge in [0.2, 0.25) is 0 Å². The Bertz CT molecular complexity index is 319. The molecule has 129 valence electrons. The Hall–Kier alpha value is -1.58. The third kappa shape index (κ3) is 18.4. The van der Waals surface area contributed by atoms with Gasteiger partial charge in [-0.05, 0) is 19.8 Å². The maximum absolute atomic E-state index is 11.1. The highest BCUT2D eigenvalue weighted by Crippen LogP contribution is 2.03. The number of carbonyl (C=O) groups excluding carboxylic acids is 2. The Morgan fingerprint density at radius 1 is 0.955 bits per heavy atom. The number of hydrogen-bond acceptors (Lipinski definition) is 4.